The van der Waals surface area contributed by atoms with Crippen LogP contribution in [0, 0.1) is 0 Å². The van der Waals surface area contributed by atoms with Crippen molar-refractivity contribution in [2.24, 2.45) is 0 Å². The molecule has 2 aromatic rings. The van der Waals surface area contributed by atoms with Gasteiger partial charge in [0.1, 0.15) is 5.75 Å². The summed E-state index contributed by atoms with van der Waals surface area (Å²) in [5, 5.41) is 0.794. The van der Waals surface area contributed by atoms with Gasteiger partial charge in [-0.05, 0) is 29.8 Å². The third-order valence-electron chi connectivity index (χ3n) is 2.98. The van der Waals surface area contributed by atoms with E-state index < -0.39 is 6.61 Å². The molecule has 0 saturated heterocycles. The summed E-state index contributed by atoms with van der Waals surface area (Å²) in [4.78, 5) is 17.8. The lowest BCUT2D eigenvalue weighted by atomic mass is 10.2. The minimum Gasteiger partial charge on any atom is -0.435 e. The third-order valence-corrected chi connectivity index (χ3v) is 3.90. The number of amides is 1. The van der Waals surface area contributed by atoms with Gasteiger partial charge in [-0.25, -0.2) is 4.98 Å². The van der Waals surface area contributed by atoms with Gasteiger partial charge in [0, 0.05) is 19.8 Å². The van der Waals surface area contributed by atoms with Gasteiger partial charge in [-0.2, -0.15) is 8.78 Å². The summed E-state index contributed by atoms with van der Waals surface area (Å²) in [6.45, 7) is -2.44. The minimum absolute atomic E-state index is 0.0337. The molecule has 1 aromatic heterocycles. The summed E-state index contributed by atoms with van der Waals surface area (Å²) in [5.74, 6) is 0.358. The molecule has 0 unspecified atom stereocenters. The van der Waals surface area contributed by atoms with Gasteiger partial charge in [-0.15, -0.1) is 0 Å². The predicted molar refractivity (Wildman–Crippen MR) is 84.5 cm³/mol. The maximum atomic E-state index is 12.1. The van der Waals surface area contributed by atoms with Crippen molar-refractivity contribution in [1.82, 2.24) is 9.88 Å². The second-order valence-electron chi connectivity index (χ2n) is 4.73. The van der Waals surface area contributed by atoms with Crippen LogP contribution in [0.4, 0.5) is 8.78 Å². The first-order valence-corrected chi connectivity index (χ1v) is 7.84. The molecule has 1 amide bonds. The van der Waals surface area contributed by atoms with E-state index in [1.165, 1.54) is 23.9 Å². The van der Waals surface area contributed by atoms with E-state index in [2.05, 4.69) is 9.72 Å². The third kappa shape index (κ3) is 5.86. The van der Waals surface area contributed by atoms with Crippen molar-refractivity contribution in [2.75, 3.05) is 12.8 Å². The molecule has 1 heterocycles. The van der Waals surface area contributed by atoms with E-state index >= 15 is 0 Å². The number of hydrogen-bond acceptors (Lipinski definition) is 4. The van der Waals surface area contributed by atoms with Crippen LogP contribution in [0.1, 0.15) is 5.56 Å². The number of rotatable bonds is 7. The van der Waals surface area contributed by atoms with Crippen molar-refractivity contribution in [3.8, 4) is 5.75 Å². The van der Waals surface area contributed by atoms with E-state index in [9.17, 15) is 13.6 Å². The highest BCUT2D eigenvalue weighted by atomic mass is 32.2. The van der Waals surface area contributed by atoms with Crippen LogP contribution in [0.2, 0.25) is 0 Å². The first kappa shape index (κ1) is 17.2. The van der Waals surface area contributed by atoms with Gasteiger partial charge in [0.25, 0.3) is 0 Å². The molecular formula is C16H16F2N2O2S. The average molecular weight is 338 g/mol. The zero-order valence-corrected chi connectivity index (χ0v) is 13.3. The van der Waals surface area contributed by atoms with Crippen LogP contribution in [0.25, 0.3) is 0 Å². The van der Waals surface area contributed by atoms with Crippen LogP contribution in [0.3, 0.4) is 0 Å². The maximum Gasteiger partial charge on any atom is 0.387 e. The first-order chi connectivity index (χ1) is 11.0. The topological polar surface area (TPSA) is 42.4 Å². The summed E-state index contributed by atoms with van der Waals surface area (Å²) in [6.07, 6.45) is 1.68. The number of hydrogen-bond donors (Lipinski definition) is 0. The lowest BCUT2D eigenvalue weighted by Crippen LogP contribution is -2.27. The van der Waals surface area contributed by atoms with Crippen molar-refractivity contribution in [1.29, 1.82) is 0 Å². The smallest absolute Gasteiger partial charge is 0.387 e. The van der Waals surface area contributed by atoms with Gasteiger partial charge in [0.05, 0.1) is 10.8 Å². The van der Waals surface area contributed by atoms with Crippen LogP contribution in [0.15, 0.2) is 53.7 Å². The van der Waals surface area contributed by atoms with Crippen molar-refractivity contribution < 1.29 is 18.3 Å². The van der Waals surface area contributed by atoms with Crippen LogP contribution < -0.4 is 4.74 Å². The van der Waals surface area contributed by atoms with Crippen molar-refractivity contribution in [3.63, 3.8) is 0 Å². The molecule has 0 radical (unpaired) electrons. The molecule has 23 heavy (non-hydrogen) atoms. The Bertz CT molecular complexity index is 624. The molecule has 0 bridgehead atoms. The fourth-order valence-corrected chi connectivity index (χ4v) is 2.62. The molecule has 0 atom stereocenters. The quantitative estimate of drug-likeness (QED) is 0.726. The Kier molecular flexibility index (Phi) is 6.34. The van der Waals surface area contributed by atoms with Gasteiger partial charge >= 0.3 is 6.61 Å². The molecule has 0 fully saturated rings. The highest BCUT2D eigenvalue weighted by molar-refractivity contribution is 7.99. The molecule has 0 saturated carbocycles. The van der Waals surface area contributed by atoms with Crippen molar-refractivity contribution in [3.05, 3.63) is 54.2 Å². The summed E-state index contributed by atoms with van der Waals surface area (Å²) in [6, 6.07) is 11.8. The number of carbonyl (C=O) groups is 1. The van der Waals surface area contributed by atoms with Gasteiger partial charge in [-0.1, -0.05) is 30.0 Å². The van der Waals surface area contributed by atoms with Gasteiger partial charge in [-0.3, -0.25) is 4.79 Å². The Labute approximate surface area is 137 Å². The van der Waals surface area contributed by atoms with E-state index in [1.807, 2.05) is 18.2 Å². The standard InChI is InChI=1S/C16H16F2N2O2S/c1-20(15(21)11-23-14-4-2-3-9-19-14)10-12-5-7-13(8-6-12)22-16(17)18/h2-9,16H,10-11H2,1H3. The number of nitrogens with zero attached hydrogens (tertiary/aromatic N) is 2. The van der Waals surface area contributed by atoms with E-state index in [4.69, 9.17) is 0 Å². The van der Waals surface area contributed by atoms with E-state index in [-0.39, 0.29) is 11.7 Å². The van der Waals surface area contributed by atoms with E-state index in [0.29, 0.717) is 12.3 Å². The van der Waals surface area contributed by atoms with Crippen LogP contribution in [-0.4, -0.2) is 35.2 Å². The summed E-state index contributed by atoms with van der Waals surface area (Å²) >= 11 is 1.37. The number of carbonyl (C=O) groups excluding carboxylic acids is 1. The molecule has 0 aliphatic rings. The Hall–Kier alpha value is -2.15. The van der Waals surface area contributed by atoms with Crippen LogP contribution in [-0.2, 0) is 11.3 Å². The lowest BCUT2D eigenvalue weighted by molar-refractivity contribution is -0.127. The fourth-order valence-electron chi connectivity index (χ4n) is 1.82. The monoisotopic (exact) mass is 338 g/mol. The fraction of sp³-hybridized carbons (Fsp3) is 0.250. The highest BCUT2D eigenvalue weighted by Gasteiger charge is 2.11. The van der Waals surface area contributed by atoms with Gasteiger partial charge < -0.3 is 9.64 Å². The Morgan fingerprint density at radius 1 is 1.26 bits per heavy atom. The molecule has 0 aliphatic carbocycles. The number of ether oxygens (including phenoxy) is 1. The molecule has 0 N–H and O–H groups in total. The van der Waals surface area contributed by atoms with Gasteiger partial charge in [0.2, 0.25) is 5.91 Å². The molecule has 0 spiro atoms. The first-order valence-electron chi connectivity index (χ1n) is 6.86. The molecule has 1 aromatic carbocycles. The van der Waals surface area contributed by atoms with Crippen LogP contribution in [0.5, 0.6) is 5.75 Å². The second-order valence-corrected chi connectivity index (χ2v) is 5.72. The summed E-state index contributed by atoms with van der Waals surface area (Å²) in [5.41, 5.74) is 0.838. The minimum atomic E-state index is -2.84. The van der Waals surface area contributed by atoms with Crippen LogP contribution >= 0.6 is 11.8 Å². The number of alkyl halides is 2. The van der Waals surface area contributed by atoms with E-state index in [0.717, 1.165) is 10.6 Å². The SMILES string of the molecule is CN(Cc1ccc(OC(F)F)cc1)C(=O)CSc1ccccn1. The zero-order chi connectivity index (χ0) is 16.7. The highest BCUT2D eigenvalue weighted by Crippen LogP contribution is 2.17. The zero-order valence-electron chi connectivity index (χ0n) is 12.5. The number of pyridine rings is 1. The molecule has 4 nitrogen and oxygen atoms in total. The molecule has 2 rings (SSSR count). The normalized spacial score (nSPS) is 10.6. The van der Waals surface area contributed by atoms with Crippen molar-refractivity contribution >= 4 is 17.7 Å². The Morgan fingerprint density at radius 2 is 2.00 bits per heavy atom. The number of halogens is 2. The number of thioether (sulfide) groups is 1. The average Bonchev–Trinajstić information content (AvgIpc) is 2.55. The summed E-state index contributed by atoms with van der Waals surface area (Å²) < 4.78 is 28.4. The Morgan fingerprint density at radius 3 is 2.61 bits per heavy atom. The molecule has 122 valence electrons. The van der Waals surface area contributed by atoms with Crippen molar-refractivity contribution in [2.45, 2.75) is 18.2 Å². The molecule has 7 heteroatoms. The number of benzene rings is 1. The largest absolute Gasteiger partial charge is 0.435 e. The number of aromatic nitrogens is 1. The van der Waals surface area contributed by atoms with E-state index in [1.54, 1.807) is 30.3 Å². The maximum absolute atomic E-state index is 12.1. The van der Waals surface area contributed by atoms with Gasteiger partial charge in [0.15, 0.2) is 0 Å². The summed E-state index contributed by atoms with van der Waals surface area (Å²) in [7, 11) is 1.70. The predicted octanol–water partition coefficient (Wildman–Crippen LogP) is 3.43. The Balaban J connectivity index is 1.83. The molecular weight excluding hydrogens is 322 g/mol. The second kappa shape index (κ2) is 8.47. The lowest BCUT2D eigenvalue weighted by Gasteiger charge is -2.17. The molecule has 0 aliphatic heterocycles.